The van der Waals surface area contributed by atoms with Crippen molar-refractivity contribution in [1.82, 2.24) is 10.2 Å². The van der Waals surface area contributed by atoms with Crippen molar-refractivity contribution >= 4 is 21.9 Å². The van der Waals surface area contributed by atoms with Gasteiger partial charge in [-0.2, -0.15) is 5.10 Å². The highest BCUT2D eigenvalue weighted by molar-refractivity contribution is 5.95. The molecule has 4 aromatic rings. The molecule has 0 amide bonds. The van der Waals surface area contributed by atoms with Gasteiger partial charge in [-0.1, -0.05) is 30.3 Å². The van der Waals surface area contributed by atoms with Crippen LogP contribution < -0.4 is 0 Å². The third kappa shape index (κ3) is 1.27. The first-order chi connectivity index (χ1) is 8.92. The van der Waals surface area contributed by atoms with Gasteiger partial charge in [0.2, 0.25) is 0 Å². The fraction of sp³-hybridized carbons (Fsp3) is 0. The molecule has 0 fully saturated rings. The minimum absolute atomic E-state index is 0.878. The van der Waals surface area contributed by atoms with Gasteiger partial charge in [-0.05, 0) is 18.2 Å². The Labute approximate surface area is 103 Å². The summed E-state index contributed by atoms with van der Waals surface area (Å²) >= 11 is 0. The van der Waals surface area contributed by atoms with E-state index in [2.05, 4.69) is 28.4 Å². The number of fused-ring (bicyclic) bond motifs is 2. The summed E-state index contributed by atoms with van der Waals surface area (Å²) in [5.74, 6) is 0.878. The van der Waals surface area contributed by atoms with E-state index in [1.165, 1.54) is 0 Å². The molecule has 4 rings (SSSR count). The number of hydrogen-bond donors (Lipinski definition) is 1. The van der Waals surface area contributed by atoms with Crippen LogP contribution in [-0.4, -0.2) is 10.2 Å². The summed E-state index contributed by atoms with van der Waals surface area (Å²) in [4.78, 5) is 0. The third-order valence-corrected chi connectivity index (χ3v) is 3.18. The van der Waals surface area contributed by atoms with Crippen LogP contribution in [0.1, 0.15) is 0 Å². The van der Waals surface area contributed by atoms with E-state index in [9.17, 15) is 0 Å². The van der Waals surface area contributed by atoms with Crippen LogP contribution in [-0.2, 0) is 0 Å². The highest BCUT2D eigenvalue weighted by Gasteiger charge is 2.09. The normalized spacial score (nSPS) is 11.3. The quantitative estimate of drug-likeness (QED) is 0.541. The monoisotopic (exact) mass is 234 g/mol. The third-order valence-electron chi connectivity index (χ3n) is 3.18. The van der Waals surface area contributed by atoms with Crippen molar-refractivity contribution in [1.29, 1.82) is 0 Å². The topological polar surface area (TPSA) is 41.8 Å². The Morgan fingerprint density at radius 3 is 2.89 bits per heavy atom. The van der Waals surface area contributed by atoms with Crippen LogP contribution in [0.4, 0.5) is 0 Å². The van der Waals surface area contributed by atoms with Crippen molar-refractivity contribution in [3.05, 3.63) is 54.7 Å². The summed E-state index contributed by atoms with van der Waals surface area (Å²) in [5, 5.41) is 9.25. The number of para-hydroxylation sites is 1. The Hall–Kier alpha value is -2.55. The van der Waals surface area contributed by atoms with Gasteiger partial charge in [0.05, 0.1) is 11.7 Å². The number of benzene rings is 2. The zero-order valence-electron chi connectivity index (χ0n) is 9.55. The van der Waals surface area contributed by atoms with Crippen molar-refractivity contribution in [2.45, 2.75) is 0 Å². The van der Waals surface area contributed by atoms with E-state index in [-0.39, 0.29) is 0 Å². The maximum atomic E-state index is 5.89. The number of rotatable bonds is 1. The van der Waals surface area contributed by atoms with Gasteiger partial charge in [-0.15, -0.1) is 0 Å². The van der Waals surface area contributed by atoms with Gasteiger partial charge in [-0.3, -0.25) is 5.10 Å². The van der Waals surface area contributed by atoms with Crippen LogP contribution in [0.15, 0.2) is 59.1 Å². The predicted molar refractivity (Wildman–Crippen MR) is 71.3 cm³/mol. The molecule has 0 bridgehead atoms. The smallest absolute Gasteiger partial charge is 0.136 e. The summed E-state index contributed by atoms with van der Waals surface area (Å²) in [6, 6.07) is 16.2. The molecular formula is C15H10N2O. The van der Waals surface area contributed by atoms with E-state index in [1.54, 1.807) is 0 Å². The number of H-pyrrole nitrogens is 1. The molecule has 0 aliphatic rings. The molecule has 0 saturated carbocycles. The largest absolute Gasteiger partial charge is 0.456 e. The maximum absolute atomic E-state index is 5.89. The van der Waals surface area contributed by atoms with E-state index in [0.717, 1.165) is 33.2 Å². The average molecular weight is 234 g/mol. The second kappa shape index (κ2) is 3.47. The van der Waals surface area contributed by atoms with Crippen molar-refractivity contribution in [3.8, 4) is 11.3 Å². The molecule has 86 valence electrons. The number of furan rings is 1. The lowest BCUT2D eigenvalue weighted by Gasteiger charge is -1.97. The Kier molecular flexibility index (Phi) is 1.83. The van der Waals surface area contributed by atoms with Crippen LogP contribution in [0, 0.1) is 0 Å². The highest BCUT2D eigenvalue weighted by atomic mass is 16.3. The van der Waals surface area contributed by atoms with E-state index >= 15 is 0 Å². The van der Waals surface area contributed by atoms with E-state index < -0.39 is 0 Å². The molecule has 2 aromatic carbocycles. The minimum atomic E-state index is 0.878. The molecule has 0 spiro atoms. The Morgan fingerprint density at radius 2 is 1.94 bits per heavy atom. The maximum Gasteiger partial charge on any atom is 0.136 e. The summed E-state index contributed by atoms with van der Waals surface area (Å²) in [6.45, 7) is 0. The van der Waals surface area contributed by atoms with Gasteiger partial charge in [0, 0.05) is 16.3 Å². The van der Waals surface area contributed by atoms with Crippen molar-refractivity contribution in [3.63, 3.8) is 0 Å². The van der Waals surface area contributed by atoms with Gasteiger partial charge in [0.15, 0.2) is 0 Å². The van der Waals surface area contributed by atoms with E-state index in [4.69, 9.17) is 4.42 Å². The number of nitrogens with zero attached hydrogens (tertiary/aromatic N) is 1. The number of nitrogens with one attached hydrogen (secondary N) is 1. The Morgan fingerprint density at radius 1 is 1.00 bits per heavy atom. The molecule has 3 nitrogen and oxygen atoms in total. The zero-order valence-corrected chi connectivity index (χ0v) is 9.55. The lowest BCUT2D eigenvalue weighted by atomic mass is 10.1. The second-order valence-electron chi connectivity index (χ2n) is 4.29. The molecule has 0 aliphatic carbocycles. The summed E-state index contributed by atoms with van der Waals surface area (Å²) in [7, 11) is 0. The van der Waals surface area contributed by atoms with Crippen molar-refractivity contribution < 1.29 is 4.42 Å². The van der Waals surface area contributed by atoms with Gasteiger partial charge >= 0.3 is 0 Å². The fourth-order valence-corrected chi connectivity index (χ4v) is 2.30. The first kappa shape index (κ1) is 9.48. The van der Waals surface area contributed by atoms with Crippen LogP contribution in [0.5, 0.6) is 0 Å². The summed E-state index contributed by atoms with van der Waals surface area (Å²) in [5.41, 5.74) is 3.00. The average Bonchev–Trinajstić information content (AvgIpc) is 3.04. The highest BCUT2D eigenvalue weighted by Crippen LogP contribution is 2.31. The van der Waals surface area contributed by atoms with Crippen LogP contribution in [0.25, 0.3) is 33.2 Å². The van der Waals surface area contributed by atoms with Gasteiger partial charge in [0.25, 0.3) is 0 Å². The molecule has 0 saturated heterocycles. The van der Waals surface area contributed by atoms with Crippen molar-refractivity contribution in [2.24, 2.45) is 0 Å². The molecule has 2 heterocycles. The molecule has 0 atom stereocenters. The molecular weight excluding hydrogens is 224 g/mol. The molecule has 0 aliphatic heterocycles. The first-order valence-electron chi connectivity index (χ1n) is 5.83. The second-order valence-corrected chi connectivity index (χ2v) is 4.29. The first-order valence-corrected chi connectivity index (χ1v) is 5.83. The number of aromatic amines is 1. The van der Waals surface area contributed by atoms with Crippen LogP contribution in [0.3, 0.4) is 0 Å². The molecule has 18 heavy (non-hydrogen) atoms. The standard InChI is InChI=1S/C15H10N2O/c1-2-7-14-10(4-1)8-15(18-14)11-5-3-6-13-12(11)9-16-17-13/h1-9H,(H,16,17). The summed E-state index contributed by atoms with van der Waals surface area (Å²) < 4.78 is 5.89. The van der Waals surface area contributed by atoms with Crippen molar-refractivity contribution in [2.75, 3.05) is 0 Å². The Bertz CT molecular complexity index is 809. The van der Waals surface area contributed by atoms with Crippen LogP contribution in [0.2, 0.25) is 0 Å². The van der Waals surface area contributed by atoms with Gasteiger partial charge in [0.1, 0.15) is 11.3 Å². The van der Waals surface area contributed by atoms with E-state index in [0.29, 0.717) is 0 Å². The lowest BCUT2D eigenvalue weighted by Crippen LogP contribution is -1.75. The molecule has 0 radical (unpaired) electrons. The Balaban J connectivity index is 2.04. The lowest BCUT2D eigenvalue weighted by molar-refractivity contribution is 0.632. The minimum Gasteiger partial charge on any atom is -0.456 e. The number of hydrogen-bond acceptors (Lipinski definition) is 2. The SMILES string of the molecule is c1ccc2oc(-c3cccc4[nH]ncc34)cc2c1. The number of aromatic nitrogens is 2. The van der Waals surface area contributed by atoms with Crippen LogP contribution >= 0.6 is 0 Å². The summed E-state index contributed by atoms with van der Waals surface area (Å²) in [6.07, 6.45) is 1.83. The molecule has 1 N–H and O–H groups in total. The van der Waals surface area contributed by atoms with Gasteiger partial charge in [-0.25, -0.2) is 0 Å². The molecule has 3 heteroatoms. The molecule has 0 unspecified atom stereocenters. The fourth-order valence-electron chi connectivity index (χ4n) is 2.30. The van der Waals surface area contributed by atoms with Gasteiger partial charge < -0.3 is 4.42 Å². The predicted octanol–water partition coefficient (Wildman–Crippen LogP) is 3.98. The zero-order chi connectivity index (χ0) is 11.9. The van der Waals surface area contributed by atoms with E-state index in [1.807, 2.05) is 36.5 Å². The molecule has 2 aromatic heterocycles.